The van der Waals surface area contributed by atoms with Gasteiger partial charge < -0.3 is 14.4 Å². The average molecular weight is 606 g/mol. The van der Waals surface area contributed by atoms with Crippen molar-refractivity contribution >= 4 is 33.2 Å². The normalized spacial score (nSPS) is 25.3. The highest BCUT2D eigenvalue weighted by Crippen LogP contribution is 2.66. The van der Waals surface area contributed by atoms with E-state index in [4.69, 9.17) is 9.26 Å². The maximum atomic E-state index is 16.2. The maximum Gasteiger partial charge on any atom is 0.482 e. The number of thiazole rings is 1. The van der Waals surface area contributed by atoms with Crippen LogP contribution in [0, 0.1) is 11.7 Å². The van der Waals surface area contributed by atoms with Gasteiger partial charge in [0.2, 0.25) is 0 Å². The van der Waals surface area contributed by atoms with Gasteiger partial charge in [0.25, 0.3) is 0 Å². The van der Waals surface area contributed by atoms with Crippen molar-refractivity contribution in [2.24, 2.45) is 5.92 Å². The van der Waals surface area contributed by atoms with E-state index in [0.29, 0.717) is 28.3 Å². The van der Waals surface area contributed by atoms with Crippen LogP contribution in [0.1, 0.15) is 65.6 Å². The molecule has 3 fully saturated rings. The molecule has 2 aromatic heterocycles. The van der Waals surface area contributed by atoms with Gasteiger partial charge >= 0.3 is 12.3 Å². The highest BCUT2D eigenvalue weighted by atomic mass is 32.1. The molecular weight excluding hydrogens is 581 g/mol. The van der Waals surface area contributed by atoms with Gasteiger partial charge in [0.1, 0.15) is 22.8 Å². The first kappa shape index (κ1) is 27.1. The molecule has 7 rings (SSSR count). The Bertz CT molecular complexity index is 1720. The zero-order chi connectivity index (χ0) is 29.4. The summed E-state index contributed by atoms with van der Waals surface area (Å²) in [5.74, 6) is -1.40. The molecule has 3 unspecified atom stereocenters. The Balaban J connectivity index is 1.11. The minimum Gasteiger partial charge on any atom is -0.484 e. The lowest BCUT2D eigenvalue weighted by molar-refractivity contribution is -0.0999. The van der Waals surface area contributed by atoms with Gasteiger partial charge in [-0.25, -0.2) is 18.6 Å². The fourth-order valence-electron chi connectivity index (χ4n) is 6.13. The van der Waals surface area contributed by atoms with Gasteiger partial charge in [-0.2, -0.15) is 13.2 Å². The van der Waals surface area contributed by atoms with Crippen LogP contribution in [-0.4, -0.2) is 39.8 Å². The molecule has 0 bridgehead atoms. The number of nitrogens with one attached hydrogen (secondary N) is 1. The van der Waals surface area contributed by atoms with E-state index in [1.807, 2.05) is 0 Å². The fourth-order valence-corrected chi connectivity index (χ4v) is 7.46. The first-order valence-corrected chi connectivity index (χ1v) is 14.4. The van der Waals surface area contributed by atoms with E-state index in [9.17, 15) is 27.5 Å². The average Bonchev–Trinajstić information content (AvgIpc) is 3.81. The molecule has 13 heteroatoms. The van der Waals surface area contributed by atoms with E-state index < -0.39 is 29.2 Å². The highest BCUT2D eigenvalue weighted by Gasteiger charge is 2.63. The molecule has 3 saturated carbocycles. The molecule has 3 aliphatic rings. The number of aromatic carboxylic acids is 1. The van der Waals surface area contributed by atoms with Crippen LogP contribution < -0.4 is 10.1 Å². The molecule has 3 atom stereocenters. The van der Waals surface area contributed by atoms with E-state index in [1.54, 1.807) is 6.07 Å². The number of carboxylic acid groups (broad SMARTS) is 1. The standard InChI is InChI=1S/C29H24F5N3O4S/c30-18-9-15(25(38)39)10-20-22(18)35-26(42-20)28-8-7-27(31,11-16(28)12-28)13-40-24-21(37-41-23(24)14-5-6-14)17-3-1-2-4-19(17)36-29(32,33)34/h1-4,9-10,14,16,36H,5-8,11-13H2,(H,38,39). The number of benzene rings is 2. The van der Waals surface area contributed by atoms with E-state index in [2.05, 4.69) is 10.1 Å². The number of aromatic nitrogens is 2. The molecule has 4 aromatic rings. The number of carboxylic acids is 1. The van der Waals surface area contributed by atoms with Crippen molar-refractivity contribution in [3.63, 3.8) is 0 Å². The third-order valence-electron chi connectivity index (χ3n) is 8.54. The zero-order valence-electron chi connectivity index (χ0n) is 21.9. The summed E-state index contributed by atoms with van der Waals surface area (Å²) in [5, 5.41) is 15.5. The Morgan fingerprint density at radius 2 is 1.98 bits per heavy atom. The van der Waals surface area contributed by atoms with Crippen molar-refractivity contribution in [2.45, 2.75) is 61.8 Å². The lowest BCUT2D eigenvalue weighted by Crippen LogP contribution is -2.37. The van der Waals surface area contributed by atoms with E-state index in [1.165, 1.54) is 40.9 Å². The number of ether oxygens (including phenoxy) is 1. The minimum atomic E-state index is -4.67. The molecule has 7 nitrogen and oxygen atoms in total. The predicted molar refractivity (Wildman–Crippen MR) is 143 cm³/mol. The predicted octanol–water partition coefficient (Wildman–Crippen LogP) is 7.83. The number of rotatable bonds is 8. The molecule has 3 aliphatic carbocycles. The van der Waals surface area contributed by atoms with Gasteiger partial charge in [0.05, 0.1) is 16.0 Å². The monoisotopic (exact) mass is 605 g/mol. The Hall–Kier alpha value is -3.74. The topological polar surface area (TPSA) is 97.5 Å². The molecule has 0 radical (unpaired) electrons. The largest absolute Gasteiger partial charge is 0.484 e. The Labute approximate surface area is 239 Å². The summed E-state index contributed by atoms with van der Waals surface area (Å²) >= 11 is 1.24. The van der Waals surface area contributed by atoms with Crippen molar-refractivity contribution in [3.8, 4) is 17.0 Å². The van der Waals surface area contributed by atoms with Crippen LogP contribution in [0.3, 0.4) is 0 Å². The third kappa shape index (κ3) is 4.77. The van der Waals surface area contributed by atoms with Crippen molar-refractivity contribution in [1.82, 2.24) is 10.1 Å². The number of anilines is 1. The van der Waals surface area contributed by atoms with Gasteiger partial charge in [-0.3, -0.25) is 5.32 Å². The van der Waals surface area contributed by atoms with Gasteiger partial charge in [-0.15, -0.1) is 11.3 Å². The van der Waals surface area contributed by atoms with Gasteiger partial charge in [0.15, 0.2) is 23.0 Å². The van der Waals surface area contributed by atoms with E-state index >= 15 is 4.39 Å². The number of alkyl halides is 4. The van der Waals surface area contributed by atoms with Gasteiger partial charge in [-0.1, -0.05) is 23.4 Å². The molecule has 0 aliphatic heterocycles. The summed E-state index contributed by atoms with van der Waals surface area (Å²) in [6.45, 7) is -0.321. The molecule has 42 heavy (non-hydrogen) atoms. The van der Waals surface area contributed by atoms with Crippen LogP contribution in [0.4, 0.5) is 27.6 Å². The molecular formula is C29H24F5N3O4S. The van der Waals surface area contributed by atoms with Gasteiger partial charge in [-0.05, 0) is 62.6 Å². The molecule has 2 N–H and O–H groups in total. The van der Waals surface area contributed by atoms with Crippen molar-refractivity contribution in [3.05, 3.63) is 58.5 Å². The summed E-state index contributed by atoms with van der Waals surface area (Å²) < 4.78 is 82.3. The second kappa shape index (κ2) is 9.38. The second-order valence-electron chi connectivity index (χ2n) is 11.5. The molecule has 2 heterocycles. The molecule has 0 spiro atoms. The number of para-hydroxylation sites is 1. The molecule has 2 aromatic carbocycles. The summed E-state index contributed by atoms with van der Waals surface area (Å²) in [5.41, 5.74) is -2.13. The summed E-state index contributed by atoms with van der Waals surface area (Å²) in [7, 11) is 0. The lowest BCUT2D eigenvalue weighted by atomic mass is 9.80. The molecule has 0 saturated heterocycles. The second-order valence-corrected chi connectivity index (χ2v) is 12.5. The van der Waals surface area contributed by atoms with E-state index in [-0.39, 0.29) is 65.1 Å². The maximum absolute atomic E-state index is 16.2. The number of hydrogen-bond acceptors (Lipinski definition) is 7. The number of fused-ring (bicyclic) bond motifs is 2. The van der Waals surface area contributed by atoms with Crippen LogP contribution in [0.15, 0.2) is 40.9 Å². The number of nitrogens with zero attached hydrogens (tertiary/aromatic N) is 2. The fraction of sp³-hybridized carbons (Fsp3) is 0.414. The number of carbonyl (C=O) groups is 1. The number of halogens is 5. The Morgan fingerprint density at radius 1 is 1.19 bits per heavy atom. The lowest BCUT2D eigenvalue weighted by Gasteiger charge is -2.32. The first-order chi connectivity index (χ1) is 19.9. The van der Waals surface area contributed by atoms with Crippen LogP contribution in [0.25, 0.3) is 21.5 Å². The van der Waals surface area contributed by atoms with Crippen molar-refractivity contribution in [1.29, 1.82) is 0 Å². The van der Waals surface area contributed by atoms with Crippen LogP contribution in [0.5, 0.6) is 5.75 Å². The molecule has 0 amide bonds. The first-order valence-electron chi connectivity index (χ1n) is 13.5. The van der Waals surface area contributed by atoms with Crippen molar-refractivity contribution in [2.75, 3.05) is 11.9 Å². The van der Waals surface area contributed by atoms with Crippen LogP contribution in [0.2, 0.25) is 0 Å². The van der Waals surface area contributed by atoms with Crippen molar-refractivity contribution < 1.29 is 41.1 Å². The zero-order valence-corrected chi connectivity index (χ0v) is 22.7. The minimum absolute atomic E-state index is 0.0167. The van der Waals surface area contributed by atoms with Crippen LogP contribution in [-0.2, 0) is 5.41 Å². The summed E-state index contributed by atoms with van der Waals surface area (Å²) in [6.07, 6.45) is -1.59. The van der Waals surface area contributed by atoms with Crippen LogP contribution >= 0.6 is 11.3 Å². The number of hydrogen-bond donors (Lipinski definition) is 2. The quantitative estimate of drug-likeness (QED) is 0.156. The Kier molecular flexibility index (Phi) is 6.06. The summed E-state index contributed by atoms with van der Waals surface area (Å²) in [6, 6.07) is 8.15. The summed E-state index contributed by atoms with van der Waals surface area (Å²) in [4.78, 5) is 15.8. The van der Waals surface area contributed by atoms with Gasteiger partial charge in [0, 0.05) is 16.9 Å². The highest BCUT2D eigenvalue weighted by molar-refractivity contribution is 7.18. The van der Waals surface area contributed by atoms with E-state index in [0.717, 1.165) is 18.9 Å². The SMILES string of the molecule is O=C(O)c1cc(F)c2nc(C34CCC(F)(COc5c(-c6ccccc6NC(F)(F)F)noc5C5CC5)CC3C4)sc2c1. The third-order valence-corrected chi connectivity index (χ3v) is 9.76. The smallest absolute Gasteiger partial charge is 0.482 e. The Morgan fingerprint density at radius 3 is 2.69 bits per heavy atom. The molecule has 220 valence electrons.